The SMILES string of the molecule is CC(C)Nc1nc(Cl)nc2ncn(C(C)C)c12. The zero-order valence-corrected chi connectivity index (χ0v) is 11.2. The molecule has 0 aliphatic heterocycles. The molecule has 1 N–H and O–H groups in total. The summed E-state index contributed by atoms with van der Waals surface area (Å²) < 4.78 is 2.04. The van der Waals surface area contributed by atoms with Crippen LogP contribution >= 0.6 is 11.6 Å². The van der Waals surface area contributed by atoms with E-state index in [1.165, 1.54) is 0 Å². The van der Waals surface area contributed by atoms with Crippen LogP contribution in [0.3, 0.4) is 0 Å². The predicted molar refractivity (Wildman–Crippen MR) is 69.5 cm³/mol. The second-order valence-electron chi connectivity index (χ2n) is 4.56. The molecule has 0 aliphatic carbocycles. The molecule has 2 heterocycles. The maximum Gasteiger partial charge on any atom is 0.226 e. The lowest BCUT2D eigenvalue weighted by Gasteiger charge is -2.14. The van der Waals surface area contributed by atoms with Crippen LogP contribution in [-0.4, -0.2) is 25.6 Å². The van der Waals surface area contributed by atoms with Crippen molar-refractivity contribution in [2.24, 2.45) is 0 Å². The van der Waals surface area contributed by atoms with Crippen LogP contribution in [0.15, 0.2) is 6.33 Å². The summed E-state index contributed by atoms with van der Waals surface area (Å²) in [6.45, 7) is 8.29. The van der Waals surface area contributed by atoms with Crippen LogP contribution in [0.5, 0.6) is 0 Å². The van der Waals surface area contributed by atoms with Gasteiger partial charge < -0.3 is 9.88 Å². The topological polar surface area (TPSA) is 55.6 Å². The van der Waals surface area contributed by atoms with Gasteiger partial charge in [0.2, 0.25) is 5.28 Å². The molecule has 0 amide bonds. The second-order valence-corrected chi connectivity index (χ2v) is 4.90. The minimum atomic E-state index is 0.217. The largest absolute Gasteiger partial charge is 0.366 e. The zero-order chi connectivity index (χ0) is 12.6. The normalized spacial score (nSPS) is 11.7. The number of aromatic nitrogens is 4. The van der Waals surface area contributed by atoms with Crippen LogP contribution in [0, 0.1) is 0 Å². The molecule has 0 saturated carbocycles. The van der Waals surface area contributed by atoms with Crippen LogP contribution in [-0.2, 0) is 0 Å². The van der Waals surface area contributed by atoms with Crippen molar-refractivity contribution < 1.29 is 0 Å². The van der Waals surface area contributed by atoms with Gasteiger partial charge in [-0.3, -0.25) is 0 Å². The third-order valence-electron chi connectivity index (χ3n) is 2.38. The third kappa shape index (κ3) is 2.34. The summed E-state index contributed by atoms with van der Waals surface area (Å²) >= 11 is 5.88. The first-order chi connectivity index (χ1) is 7.99. The van der Waals surface area contributed by atoms with Crippen molar-refractivity contribution in [1.29, 1.82) is 0 Å². The molecule has 2 rings (SSSR count). The molecular weight excluding hydrogens is 238 g/mol. The molecule has 0 atom stereocenters. The number of fused-ring (bicyclic) bond motifs is 1. The van der Waals surface area contributed by atoms with Gasteiger partial charge in [-0.25, -0.2) is 4.98 Å². The Bertz CT molecular complexity index is 532. The summed E-state index contributed by atoms with van der Waals surface area (Å²) in [5.74, 6) is 0.737. The Hall–Kier alpha value is -1.36. The number of nitrogens with one attached hydrogen (secondary N) is 1. The van der Waals surface area contributed by atoms with E-state index in [0.717, 1.165) is 11.3 Å². The fraction of sp³-hybridized carbons (Fsp3) is 0.545. The number of imidazole rings is 1. The number of halogens is 1. The van der Waals surface area contributed by atoms with E-state index in [4.69, 9.17) is 11.6 Å². The minimum absolute atomic E-state index is 0.217. The maximum absolute atomic E-state index is 5.88. The molecule has 92 valence electrons. The highest BCUT2D eigenvalue weighted by molar-refractivity contribution is 6.28. The number of rotatable bonds is 3. The van der Waals surface area contributed by atoms with Gasteiger partial charge in [-0.2, -0.15) is 9.97 Å². The zero-order valence-electron chi connectivity index (χ0n) is 10.4. The molecule has 0 aliphatic rings. The third-order valence-corrected chi connectivity index (χ3v) is 2.55. The summed E-state index contributed by atoms with van der Waals surface area (Å²) in [5, 5.41) is 3.49. The summed E-state index contributed by atoms with van der Waals surface area (Å²) in [5.41, 5.74) is 1.53. The average Bonchev–Trinajstić information content (AvgIpc) is 2.59. The van der Waals surface area contributed by atoms with Gasteiger partial charge >= 0.3 is 0 Å². The summed E-state index contributed by atoms with van der Waals surface area (Å²) in [4.78, 5) is 12.6. The first kappa shape index (κ1) is 12.1. The van der Waals surface area contributed by atoms with Crippen LogP contribution < -0.4 is 5.32 Å². The highest BCUT2D eigenvalue weighted by Crippen LogP contribution is 2.24. The molecule has 2 aromatic rings. The first-order valence-corrected chi connectivity index (χ1v) is 6.03. The molecule has 0 bridgehead atoms. The quantitative estimate of drug-likeness (QED) is 0.855. The van der Waals surface area contributed by atoms with Crippen LogP contribution in [0.4, 0.5) is 5.82 Å². The van der Waals surface area contributed by atoms with E-state index in [1.807, 2.05) is 4.57 Å². The van der Waals surface area contributed by atoms with E-state index in [1.54, 1.807) is 6.33 Å². The maximum atomic E-state index is 5.88. The van der Waals surface area contributed by atoms with Crippen LogP contribution in [0.25, 0.3) is 11.2 Å². The highest BCUT2D eigenvalue weighted by Gasteiger charge is 2.14. The molecule has 0 aromatic carbocycles. The molecule has 0 radical (unpaired) electrons. The van der Waals surface area contributed by atoms with E-state index in [9.17, 15) is 0 Å². The van der Waals surface area contributed by atoms with Crippen LogP contribution in [0.1, 0.15) is 33.7 Å². The lowest BCUT2D eigenvalue weighted by molar-refractivity contribution is 0.617. The monoisotopic (exact) mass is 253 g/mol. The Morgan fingerprint density at radius 1 is 1.24 bits per heavy atom. The lowest BCUT2D eigenvalue weighted by atomic mass is 10.3. The van der Waals surface area contributed by atoms with E-state index < -0.39 is 0 Å². The van der Waals surface area contributed by atoms with Gasteiger partial charge in [-0.05, 0) is 39.3 Å². The Labute approximate surface area is 105 Å². The Morgan fingerprint density at radius 2 is 1.94 bits per heavy atom. The fourth-order valence-electron chi connectivity index (χ4n) is 1.68. The second kappa shape index (κ2) is 4.49. The predicted octanol–water partition coefficient (Wildman–Crippen LogP) is 2.88. The van der Waals surface area contributed by atoms with E-state index in [2.05, 4.69) is 48.0 Å². The number of anilines is 1. The van der Waals surface area contributed by atoms with Crippen molar-refractivity contribution >= 4 is 28.6 Å². The highest BCUT2D eigenvalue weighted by atomic mass is 35.5. The molecule has 0 fully saturated rings. The van der Waals surface area contributed by atoms with Gasteiger partial charge in [0.25, 0.3) is 0 Å². The average molecular weight is 254 g/mol. The smallest absolute Gasteiger partial charge is 0.226 e. The first-order valence-electron chi connectivity index (χ1n) is 5.65. The van der Waals surface area contributed by atoms with Crippen molar-refractivity contribution in [2.75, 3.05) is 5.32 Å². The Balaban J connectivity index is 2.65. The van der Waals surface area contributed by atoms with Crippen molar-refractivity contribution in [3.8, 4) is 0 Å². The van der Waals surface area contributed by atoms with E-state index >= 15 is 0 Å². The van der Waals surface area contributed by atoms with Crippen molar-refractivity contribution in [2.45, 2.75) is 39.8 Å². The molecule has 0 spiro atoms. The number of hydrogen-bond donors (Lipinski definition) is 1. The van der Waals surface area contributed by atoms with Crippen LogP contribution in [0.2, 0.25) is 5.28 Å². The molecule has 0 unspecified atom stereocenters. The van der Waals surface area contributed by atoms with Crippen molar-refractivity contribution in [3.05, 3.63) is 11.6 Å². The van der Waals surface area contributed by atoms with Gasteiger partial charge in [0.15, 0.2) is 11.5 Å². The minimum Gasteiger partial charge on any atom is -0.366 e. The molecular formula is C11H16ClN5. The molecule has 0 saturated heterocycles. The summed E-state index contributed by atoms with van der Waals surface area (Å²) in [7, 11) is 0. The van der Waals surface area contributed by atoms with Gasteiger partial charge in [-0.15, -0.1) is 0 Å². The van der Waals surface area contributed by atoms with Gasteiger partial charge in [-0.1, -0.05) is 0 Å². The molecule has 17 heavy (non-hydrogen) atoms. The summed E-state index contributed by atoms with van der Waals surface area (Å²) in [6.07, 6.45) is 1.77. The van der Waals surface area contributed by atoms with E-state index in [-0.39, 0.29) is 11.3 Å². The van der Waals surface area contributed by atoms with E-state index in [0.29, 0.717) is 11.7 Å². The molecule has 2 aromatic heterocycles. The molecule has 6 heteroatoms. The van der Waals surface area contributed by atoms with Gasteiger partial charge in [0, 0.05) is 12.1 Å². The Kier molecular flexibility index (Phi) is 3.19. The lowest BCUT2D eigenvalue weighted by Crippen LogP contribution is -2.13. The fourth-order valence-corrected chi connectivity index (χ4v) is 1.85. The Morgan fingerprint density at radius 3 is 2.53 bits per heavy atom. The number of hydrogen-bond acceptors (Lipinski definition) is 4. The van der Waals surface area contributed by atoms with Gasteiger partial charge in [0.1, 0.15) is 5.52 Å². The standard InChI is InChI=1S/C11H16ClN5/c1-6(2)14-10-8-9(15-11(12)16-10)13-5-17(8)7(3)4/h5-7H,1-4H3,(H,14,15,16). The summed E-state index contributed by atoms with van der Waals surface area (Å²) in [6, 6.07) is 0.581. The van der Waals surface area contributed by atoms with Crippen molar-refractivity contribution in [1.82, 2.24) is 19.5 Å². The number of nitrogens with zero attached hydrogens (tertiary/aromatic N) is 4. The molecule has 5 nitrogen and oxygen atoms in total. The van der Waals surface area contributed by atoms with Gasteiger partial charge in [0.05, 0.1) is 6.33 Å². The van der Waals surface area contributed by atoms with Crippen molar-refractivity contribution in [3.63, 3.8) is 0 Å².